The zero-order valence-electron chi connectivity index (χ0n) is 36.3. The van der Waals surface area contributed by atoms with E-state index in [1.165, 1.54) is 24.4 Å². The SMILES string of the molecule is [2H]C([2H])([2H])c1c[c-]c(-c2[c-]ccc3c2oc2ccccc23)cc1-c1ccc(C([2H])([2H])C(C)(C)C)cc1C([2H])([2H])[2H].[2H]C([2H])([2H])c1n[c-]c(-c2ccccn2)cn1.[Ir+3]. The molecule has 7 aromatic rings. The van der Waals surface area contributed by atoms with E-state index in [9.17, 15) is 0 Å². The van der Waals surface area contributed by atoms with Crippen LogP contribution in [0.5, 0.6) is 0 Å². The van der Waals surface area contributed by atoms with Gasteiger partial charge >= 0.3 is 20.1 Å². The normalized spacial score (nSPS) is 15.8. The van der Waals surface area contributed by atoms with Crippen LogP contribution >= 0.6 is 0 Å². The largest absolute Gasteiger partial charge is 3.00 e. The minimum Gasteiger partial charge on any atom is -0.510 e. The van der Waals surface area contributed by atoms with Gasteiger partial charge in [-0.3, -0.25) is 0 Å². The molecule has 4 nitrogen and oxygen atoms in total. The van der Waals surface area contributed by atoms with Gasteiger partial charge in [-0.15, -0.1) is 17.2 Å². The topological polar surface area (TPSA) is 51.8 Å². The quantitative estimate of drug-likeness (QED) is 0.167. The third-order valence-electron chi connectivity index (χ3n) is 6.93. The maximum Gasteiger partial charge on any atom is 3.00 e. The molecule has 46 heavy (non-hydrogen) atoms. The molecule has 230 valence electrons. The summed E-state index contributed by atoms with van der Waals surface area (Å²) >= 11 is 0. The van der Waals surface area contributed by atoms with Gasteiger partial charge in [-0.1, -0.05) is 93.3 Å². The zero-order chi connectivity index (χ0) is 40.8. The first-order valence-corrected chi connectivity index (χ1v) is 14.3. The average Bonchev–Trinajstić information content (AvgIpc) is 3.52. The second kappa shape index (κ2) is 13.9. The second-order valence-electron chi connectivity index (χ2n) is 11.4. The molecule has 0 radical (unpaired) electrons. The number of para-hydroxylation sites is 1. The number of hydrogen-bond acceptors (Lipinski definition) is 4. The molecule has 0 atom stereocenters. The van der Waals surface area contributed by atoms with E-state index in [0.29, 0.717) is 33.6 Å². The van der Waals surface area contributed by atoms with E-state index >= 15 is 0 Å². The molecule has 0 aliphatic heterocycles. The molecule has 0 fully saturated rings. The maximum absolute atomic E-state index is 8.68. The molecule has 0 spiro atoms. The smallest absolute Gasteiger partial charge is 0.510 e. The summed E-state index contributed by atoms with van der Waals surface area (Å²) in [5.74, 6) is -0.202. The fourth-order valence-corrected chi connectivity index (χ4v) is 4.98. The van der Waals surface area contributed by atoms with Crippen molar-refractivity contribution in [1.29, 1.82) is 0 Å². The van der Waals surface area contributed by atoms with E-state index in [4.69, 9.17) is 19.5 Å². The Balaban J connectivity index is 0.000000305. The summed E-state index contributed by atoms with van der Waals surface area (Å²) < 4.78 is 94.2. The van der Waals surface area contributed by atoms with Crippen LogP contribution in [0.15, 0.2) is 102 Å². The summed E-state index contributed by atoms with van der Waals surface area (Å²) in [6.07, 6.45) is 3.84. The van der Waals surface area contributed by atoms with Gasteiger partial charge in [0, 0.05) is 38.1 Å². The molecule has 0 aliphatic rings. The van der Waals surface area contributed by atoms with Crippen LogP contribution in [0.4, 0.5) is 0 Å². The van der Waals surface area contributed by atoms with Crippen LogP contribution in [0.3, 0.4) is 0 Å². The van der Waals surface area contributed by atoms with E-state index < -0.39 is 32.3 Å². The third-order valence-corrected chi connectivity index (χ3v) is 6.93. The Morgan fingerprint density at radius 3 is 2.41 bits per heavy atom. The van der Waals surface area contributed by atoms with Gasteiger partial charge in [-0.2, -0.15) is 35.9 Å². The van der Waals surface area contributed by atoms with Gasteiger partial charge in [0.25, 0.3) is 0 Å². The van der Waals surface area contributed by atoms with Crippen LogP contribution < -0.4 is 0 Å². The number of aromatic nitrogens is 3. The molecule has 0 unspecified atom stereocenters. The Labute approximate surface area is 300 Å². The van der Waals surface area contributed by atoms with Crippen molar-refractivity contribution in [3.05, 3.63) is 138 Å². The first-order chi connectivity index (χ1) is 26.1. The number of aryl methyl sites for hydroxylation is 3. The monoisotopic (exact) mass is 790 g/mol. The number of pyridine rings is 1. The minimum absolute atomic E-state index is 0. The first-order valence-electron chi connectivity index (χ1n) is 19.8. The molecule has 5 heteroatoms. The molecule has 0 saturated heterocycles. The van der Waals surface area contributed by atoms with Gasteiger partial charge in [0.1, 0.15) is 5.58 Å². The predicted octanol–water partition coefficient (Wildman–Crippen LogP) is 10.4. The van der Waals surface area contributed by atoms with Crippen LogP contribution in [-0.4, -0.2) is 15.0 Å². The van der Waals surface area contributed by atoms with Crippen molar-refractivity contribution in [2.75, 3.05) is 0 Å². The Hall–Kier alpha value is -4.44. The van der Waals surface area contributed by atoms with Crippen molar-refractivity contribution < 1.29 is 39.6 Å². The van der Waals surface area contributed by atoms with E-state index in [1.54, 1.807) is 57.3 Å². The molecule has 0 amide bonds. The van der Waals surface area contributed by atoms with E-state index in [2.05, 4.69) is 33.3 Å². The van der Waals surface area contributed by atoms with Gasteiger partial charge in [0.05, 0.1) is 0 Å². The van der Waals surface area contributed by atoms with Crippen LogP contribution in [0, 0.1) is 44.3 Å². The summed E-state index contributed by atoms with van der Waals surface area (Å²) in [6.45, 7) is -2.23. The summed E-state index contributed by atoms with van der Waals surface area (Å²) in [6, 6.07) is 30.3. The number of furan rings is 1. The van der Waals surface area contributed by atoms with Crippen molar-refractivity contribution in [3.63, 3.8) is 0 Å². The fourth-order valence-electron chi connectivity index (χ4n) is 4.98. The first kappa shape index (κ1) is 21.4. The van der Waals surface area contributed by atoms with Crippen LogP contribution in [0.25, 0.3) is 55.4 Å². The summed E-state index contributed by atoms with van der Waals surface area (Å²) in [5.41, 5.74) is 3.24. The molecular formula is C41H36IrN3O. The second-order valence-corrected chi connectivity index (χ2v) is 11.4. The molecule has 0 bridgehead atoms. The molecular weight excluding hydrogens is 743 g/mol. The molecule has 0 saturated carbocycles. The molecule has 0 aliphatic carbocycles. The predicted molar refractivity (Wildman–Crippen MR) is 184 cm³/mol. The van der Waals surface area contributed by atoms with Gasteiger partial charge < -0.3 is 19.4 Å². The van der Waals surface area contributed by atoms with E-state index in [1.807, 2.05) is 36.4 Å². The standard InChI is InChI=1S/C31H28O.C10H8N3.Ir/c1-20-13-15-23(18-28(20)24-16-14-22(17-21(24)2)19-31(3,4)5)25-10-8-11-27-26-9-6-7-12-29(26)32-30(25)27;1-8-12-6-9(7-13-8)10-4-2-3-5-11-10;/h6-9,11-14,16-18H,19H2,1-5H3;2-6H,1H3;/q-2;-1;+3/i1D3,2D3,19D2;1D3;. The van der Waals surface area contributed by atoms with Gasteiger partial charge in [0.2, 0.25) is 0 Å². The Kier molecular flexibility index (Phi) is 6.46. The minimum atomic E-state index is -2.63. The van der Waals surface area contributed by atoms with Crippen molar-refractivity contribution >= 4 is 21.9 Å². The van der Waals surface area contributed by atoms with Gasteiger partial charge in [-0.05, 0) is 66.2 Å². The summed E-state index contributed by atoms with van der Waals surface area (Å²) in [7, 11) is 0. The number of hydrogen-bond donors (Lipinski definition) is 0. The zero-order valence-corrected chi connectivity index (χ0v) is 27.7. The summed E-state index contributed by atoms with van der Waals surface area (Å²) in [4.78, 5) is 11.6. The Morgan fingerprint density at radius 2 is 1.67 bits per heavy atom. The van der Waals surface area contributed by atoms with Gasteiger partial charge in [-0.25, -0.2) is 5.56 Å². The molecule has 7 rings (SSSR count). The van der Waals surface area contributed by atoms with E-state index in [0.717, 1.165) is 10.8 Å². The van der Waals surface area contributed by atoms with Gasteiger partial charge in [0.15, 0.2) is 0 Å². The number of benzene rings is 4. The van der Waals surface area contributed by atoms with E-state index in [-0.39, 0.29) is 53.7 Å². The third kappa shape index (κ3) is 7.33. The molecule has 0 N–H and O–H groups in total. The summed E-state index contributed by atoms with van der Waals surface area (Å²) in [5, 5.41) is 1.80. The van der Waals surface area contributed by atoms with Crippen LogP contribution in [0.1, 0.15) is 58.4 Å². The maximum atomic E-state index is 8.68. The molecule has 3 heterocycles. The van der Waals surface area contributed by atoms with Crippen molar-refractivity contribution in [1.82, 2.24) is 15.0 Å². The van der Waals surface area contributed by atoms with Crippen molar-refractivity contribution in [3.8, 4) is 33.5 Å². The van der Waals surface area contributed by atoms with Crippen LogP contribution in [0.2, 0.25) is 0 Å². The van der Waals surface area contributed by atoms with Crippen LogP contribution in [-0.2, 0) is 26.5 Å². The fraction of sp³-hybridized carbons (Fsp3) is 0.195. The number of nitrogens with zero attached hydrogens (tertiary/aromatic N) is 3. The Bertz CT molecular complexity index is 2500. The number of fused-ring (bicyclic) bond motifs is 3. The van der Waals surface area contributed by atoms with Crippen molar-refractivity contribution in [2.24, 2.45) is 5.41 Å². The Morgan fingerprint density at radius 1 is 0.826 bits per heavy atom. The number of rotatable bonds is 4. The molecule has 3 aromatic heterocycles. The average molecular weight is 790 g/mol. The van der Waals surface area contributed by atoms with Crippen molar-refractivity contribution in [2.45, 2.75) is 47.7 Å². The molecule has 4 aromatic carbocycles.